The zero-order valence-corrected chi connectivity index (χ0v) is 20.1. The third-order valence-corrected chi connectivity index (χ3v) is 8.03. The van der Waals surface area contributed by atoms with Gasteiger partial charge < -0.3 is 4.40 Å². The molecule has 0 radical (unpaired) electrons. The second-order valence-electron chi connectivity index (χ2n) is 9.94. The Labute approximate surface area is 211 Å². The van der Waals surface area contributed by atoms with Gasteiger partial charge in [-0.15, -0.1) is 0 Å². The Bertz CT molecular complexity index is 2370. The molecule has 0 amide bonds. The van der Waals surface area contributed by atoms with E-state index in [1.165, 1.54) is 54.4 Å². The number of hydrogen-bond acceptors (Lipinski definition) is 2. The molecule has 172 valence electrons. The van der Waals surface area contributed by atoms with E-state index in [9.17, 15) is 0 Å². The van der Waals surface area contributed by atoms with Gasteiger partial charge in [-0.3, -0.25) is 4.57 Å². The van der Waals surface area contributed by atoms with E-state index >= 15 is 0 Å². The van der Waals surface area contributed by atoms with Crippen molar-refractivity contribution in [2.75, 3.05) is 0 Å². The van der Waals surface area contributed by atoms with Crippen molar-refractivity contribution in [3.63, 3.8) is 0 Å². The fourth-order valence-corrected chi connectivity index (χ4v) is 6.46. The van der Waals surface area contributed by atoms with Crippen LogP contribution >= 0.6 is 0 Å². The molecular weight excluding hydrogens is 452 g/mol. The minimum absolute atomic E-state index is 0.701. The summed E-state index contributed by atoms with van der Waals surface area (Å²) in [7, 11) is 0. The van der Waals surface area contributed by atoms with Crippen molar-refractivity contribution in [2.24, 2.45) is 0 Å². The maximum absolute atomic E-state index is 5.10. The normalized spacial score (nSPS) is 12.5. The lowest BCUT2D eigenvalue weighted by Crippen LogP contribution is -2.01. The standard InChI is InChI=1S/C33H20N4/c1-19-9-8-13-26-25(19)18-34-33(35-26)37-28-15-6-3-11-21(28)24-17-23-20-10-2-5-14-27(20)36-29-16-7-4-12-22(29)30(31(23)36)32(24)37/h2-18H,1H3. The van der Waals surface area contributed by atoms with Gasteiger partial charge in [-0.25, -0.2) is 9.97 Å². The molecule has 0 N–H and O–H groups in total. The lowest BCUT2D eigenvalue weighted by atomic mass is 10.0. The van der Waals surface area contributed by atoms with Crippen molar-refractivity contribution in [1.82, 2.24) is 18.9 Å². The quantitative estimate of drug-likeness (QED) is 0.241. The van der Waals surface area contributed by atoms with E-state index in [0.717, 1.165) is 21.9 Å². The maximum Gasteiger partial charge on any atom is 0.235 e. The Balaban J connectivity index is 1.59. The summed E-state index contributed by atoms with van der Waals surface area (Å²) in [6.07, 6.45) is 1.97. The van der Waals surface area contributed by atoms with Crippen molar-refractivity contribution in [3.05, 3.63) is 109 Å². The van der Waals surface area contributed by atoms with Gasteiger partial charge in [0.2, 0.25) is 5.95 Å². The highest BCUT2D eigenvalue weighted by Crippen LogP contribution is 2.45. The lowest BCUT2D eigenvalue weighted by Gasteiger charge is -2.09. The Kier molecular flexibility index (Phi) is 3.45. The van der Waals surface area contributed by atoms with Crippen LogP contribution in [0.1, 0.15) is 5.56 Å². The average molecular weight is 473 g/mol. The molecule has 0 saturated heterocycles. The van der Waals surface area contributed by atoms with Crippen molar-refractivity contribution in [3.8, 4) is 5.95 Å². The van der Waals surface area contributed by atoms with Crippen LogP contribution in [0.4, 0.5) is 0 Å². The van der Waals surface area contributed by atoms with Crippen molar-refractivity contribution >= 4 is 70.8 Å². The molecule has 0 atom stereocenters. The lowest BCUT2D eigenvalue weighted by molar-refractivity contribution is 1.01. The number of aryl methyl sites for hydroxylation is 1. The Morgan fingerprint density at radius 3 is 2.03 bits per heavy atom. The molecule has 0 bridgehead atoms. The van der Waals surface area contributed by atoms with Crippen LogP contribution in [0, 0.1) is 6.92 Å². The molecule has 4 heteroatoms. The summed E-state index contributed by atoms with van der Waals surface area (Å²) in [5, 5.41) is 8.60. The topological polar surface area (TPSA) is 35.1 Å². The van der Waals surface area contributed by atoms with Gasteiger partial charge in [0.25, 0.3) is 0 Å². The summed E-state index contributed by atoms with van der Waals surface area (Å²) in [5.74, 6) is 0.701. The maximum atomic E-state index is 5.10. The number of aromatic nitrogens is 4. The first kappa shape index (κ1) is 19.3. The average Bonchev–Trinajstić information content (AvgIpc) is 3.57. The van der Waals surface area contributed by atoms with E-state index < -0.39 is 0 Å². The van der Waals surface area contributed by atoms with Gasteiger partial charge in [0.15, 0.2) is 0 Å². The molecule has 4 aromatic heterocycles. The highest BCUT2D eigenvalue weighted by Gasteiger charge is 2.24. The Hall–Kier alpha value is -4.96. The van der Waals surface area contributed by atoms with Crippen LogP contribution in [-0.2, 0) is 0 Å². The molecule has 9 aromatic rings. The van der Waals surface area contributed by atoms with E-state index in [1.54, 1.807) is 0 Å². The third kappa shape index (κ3) is 2.28. The third-order valence-electron chi connectivity index (χ3n) is 8.03. The van der Waals surface area contributed by atoms with Gasteiger partial charge in [-0.2, -0.15) is 0 Å². The van der Waals surface area contributed by atoms with E-state index in [0.29, 0.717) is 5.95 Å². The molecular formula is C33H20N4. The van der Waals surface area contributed by atoms with Crippen LogP contribution in [0.5, 0.6) is 0 Å². The number of fused-ring (bicyclic) bond motifs is 11. The molecule has 0 spiro atoms. The number of nitrogens with zero attached hydrogens (tertiary/aromatic N) is 4. The minimum atomic E-state index is 0.701. The molecule has 0 aliphatic rings. The van der Waals surface area contributed by atoms with Gasteiger partial charge in [-0.1, -0.05) is 66.7 Å². The molecule has 0 aliphatic carbocycles. The molecule has 9 rings (SSSR count). The van der Waals surface area contributed by atoms with Crippen LogP contribution in [-0.4, -0.2) is 18.9 Å². The SMILES string of the molecule is Cc1cccc2nc(-n3c4ccccc4c4cc5c6ccccc6n6c7ccccc7c(c43)c56)ncc12. The molecule has 4 heterocycles. The van der Waals surface area contributed by atoms with Gasteiger partial charge in [0, 0.05) is 43.9 Å². The van der Waals surface area contributed by atoms with Gasteiger partial charge >= 0.3 is 0 Å². The smallest absolute Gasteiger partial charge is 0.235 e. The van der Waals surface area contributed by atoms with Gasteiger partial charge in [0.05, 0.1) is 33.1 Å². The van der Waals surface area contributed by atoms with Gasteiger partial charge in [0.1, 0.15) is 0 Å². The van der Waals surface area contributed by atoms with Crippen LogP contribution in [0.25, 0.3) is 76.8 Å². The van der Waals surface area contributed by atoms with Crippen molar-refractivity contribution in [1.29, 1.82) is 0 Å². The molecule has 0 aliphatic heterocycles. The number of rotatable bonds is 1. The zero-order chi connectivity index (χ0) is 24.2. The molecule has 5 aromatic carbocycles. The summed E-state index contributed by atoms with van der Waals surface area (Å²) in [6, 6.07) is 34.7. The number of para-hydroxylation sites is 3. The van der Waals surface area contributed by atoms with Crippen LogP contribution < -0.4 is 0 Å². The van der Waals surface area contributed by atoms with Crippen LogP contribution in [0.3, 0.4) is 0 Å². The summed E-state index contributed by atoms with van der Waals surface area (Å²) < 4.78 is 4.70. The largest absolute Gasteiger partial charge is 0.308 e. The first-order chi connectivity index (χ1) is 18.3. The summed E-state index contributed by atoms with van der Waals surface area (Å²) in [6.45, 7) is 2.11. The van der Waals surface area contributed by atoms with Crippen molar-refractivity contribution < 1.29 is 0 Å². The summed E-state index contributed by atoms with van der Waals surface area (Å²) in [5.41, 5.74) is 8.15. The molecule has 0 unspecified atom stereocenters. The minimum Gasteiger partial charge on any atom is -0.308 e. The highest BCUT2D eigenvalue weighted by molar-refractivity contribution is 6.34. The molecule has 0 fully saturated rings. The van der Waals surface area contributed by atoms with Crippen LogP contribution in [0.15, 0.2) is 103 Å². The summed E-state index contributed by atoms with van der Waals surface area (Å²) >= 11 is 0. The molecule has 4 nitrogen and oxygen atoms in total. The monoisotopic (exact) mass is 472 g/mol. The van der Waals surface area contributed by atoms with E-state index in [4.69, 9.17) is 9.97 Å². The summed E-state index contributed by atoms with van der Waals surface area (Å²) in [4.78, 5) is 10.0. The molecule has 0 saturated carbocycles. The first-order valence-corrected chi connectivity index (χ1v) is 12.6. The Morgan fingerprint density at radius 2 is 1.22 bits per heavy atom. The van der Waals surface area contributed by atoms with E-state index in [-0.39, 0.29) is 0 Å². The predicted molar refractivity (Wildman–Crippen MR) is 153 cm³/mol. The fraction of sp³-hybridized carbons (Fsp3) is 0.0303. The number of benzene rings is 5. The predicted octanol–water partition coefficient (Wildman–Crippen LogP) is 8.19. The van der Waals surface area contributed by atoms with Crippen molar-refractivity contribution in [2.45, 2.75) is 6.92 Å². The van der Waals surface area contributed by atoms with Crippen LogP contribution in [0.2, 0.25) is 0 Å². The van der Waals surface area contributed by atoms with E-state index in [1.807, 2.05) is 6.20 Å². The van der Waals surface area contributed by atoms with E-state index in [2.05, 4.69) is 113 Å². The van der Waals surface area contributed by atoms with Gasteiger partial charge in [-0.05, 0) is 42.8 Å². The number of hydrogen-bond donors (Lipinski definition) is 0. The fourth-order valence-electron chi connectivity index (χ4n) is 6.46. The zero-order valence-electron chi connectivity index (χ0n) is 20.1. The molecule has 37 heavy (non-hydrogen) atoms. The second kappa shape index (κ2) is 6.62. The second-order valence-corrected chi connectivity index (χ2v) is 9.94. The Morgan fingerprint density at radius 1 is 0.568 bits per heavy atom. The first-order valence-electron chi connectivity index (χ1n) is 12.6. The highest BCUT2D eigenvalue weighted by atomic mass is 15.2.